The van der Waals surface area contributed by atoms with Crippen molar-refractivity contribution in [3.05, 3.63) is 60.0 Å². The predicted octanol–water partition coefficient (Wildman–Crippen LogP) is -0.443. The predicted molar refractivity (Wildman–Crippen MR) is 78.6 cm³/mol. The Morgan fingerprint density at radius 2 is 2.05 bits per heavy atom. The van der Waals surface area contributed by atoms with E-state index in [1.807, 2.05) is 49.0 Å². The van der Waals surface area contributed by atoms with Crippen molar-refractivity contribution in [2.45, 2.75) is 6.92 Å². The zero-order valence-corrected chi connectivity index (χ0v) is 12.6. The fourth-order valence-corrected chi connectivity index (χ4v) is 2.28. The molecular weight excluding hydrogens is 286 g/mol. The second-order valence-corrected chi connectivity index (χ2v) is 4.97. The van der Waals surface area contributed by atoms with Crippen molar-refractivity contribution in [2.24, 2.45) is 7.05 Å². The summed E-state index contributed by atoms with van der Waals surface area (Å²) in [5.41, 5.74) is 3.62. The number of rotatable bonds is 2. The molecule has 0 radical (unpaired) electrons. The number of halogens is 1. The standard InChI is InChI=1S/C16H15N3O.ClH/c1-11-8-13-9-14(5-6-15(13)17-11)18-16(20)12-4-3-7-19(2)10-12;/h3-10,17H,1-2H3;1H. The Kier molecular flexibility index (Phi) is 4.29. The van der Waals surface area contributed by atoms with Gasteiger partial charge < -0.3 is 22.7 Å². The fourth-order valence-electron chi connectivity index (χ4n) is 2.28. The molecule has 0 aliphatic rings. The van der Waals surface area contributed by atoms with Crippen LogP contribution in [0.15, 0.2) is 48.8 Å². The first-order valence-corrected chi connectivity index (χ1v) is 6.48. The van der Waals surface area contributed by atoms with E-state index in [-0.39, 0.29) is 18.3 Å². The fraction of sp³-hybridized carbons (Fsp3) is 0.125. The van der Waals surface area contributed by atoms with Gasteiger partial charge in [-0.05, 0) is 37.3 Å². The summed E-state index contributed by atoms with van der Waals surface area (Å²) in [5, 5.41) is 4.02. The summed E-state index contributed by atoms with van der Waals surface area (Å²) < 4.78 is 1.85. The molecule has 2 aromatic heterocycles. The molecule has 0 aliphatic heterocycles. The third kappa shape index (κ3) is 3.23. The summed E-state index contributed by atoms with van der Waals surface area (Å²) >= 11 is 0. The number of carbonyl (C=O) groups excluding carboxylic acids is 1. The number of hydrogen-bond donors (Lipinski definition) is 2. The van der Waals surface area contributed by atoms with Gasteiger partial charge in [-0.1, -0.05) is 0 Å². The largest absolute Gasteiger partial charge is 1.00 e. The number of aromatic amines is 1. The highest BCUT2D eigenvalue weighted by molar-refractivity contribution is 6.04. The molecular formula is C16H16ClN3O. The van der Waals surface area contributed by atoms with Crippen molar-refractivity contribution in [3.8, 4) is 0 Å². The molecule has 2 N–H and O–H groups in total. The minimum atomic E-state index is -0.104. The molecule has 5 heteroatoms. The molecule has 21 heavy (non-hydrogen) atoms. The van der Waals surface area contributed by atoms with Gasteiger partial charge in [0.1, 0.15) is 12.6 Å². The van der Waals surface area contributed by atoms with Crippen molar-refractivity contribution in [1.82, 2.24) is 4.98 Å². The molecule has 0 bridgehead atoms. The lowest BCUT2D eigenvalue weighted by Gasteiger charge is -2.04. The van der Waals surface area contributed by atoms with Gasteiger partial charge in [-0.3, -0.25) is 4.79 Å². The Labute approximate surface area is 129 Å². The number of aryl methyl sites for hydroxylation is 2. The van der Waals surface area contributed by atoms with E-state index in [0.717, 1.165) is 22.3 Å². The Morgan fingerprint density at radius 3 is 2.81 bits per heavy atom. The van der Waals surface area contributed by atoms with Crippen LogP contribution in [0.3, 0.4) is 0 Å². The van der Waals surface area contributed by atoms with Crippen LogP contribution in [0, 0.1) is 6.92 Å². The summed E-state index contributed by atoms with van der Waals surface area (Å²) in [4.78, 5) is 15.4. The Morgan fingerprint density at radius 1 is 1.24 bits per heavy atom. The van der Waals surface area contributed by atoms with Crippen molar-refractivity contribution < 1.29 is 21.8 Å². The zero-order valence-electron chi connectivity index (χ0n) is 11.9. The first-order valence-electron chi connectivity index (χ1n) is 6.48. The number of carbonyl (C=O) groups is 1. The number of anilines is 1. The first kappa shape index (κ1) is 15.1. The number of benzene rings is 1. The van der Waals surface area contributed by atoms with Crippen molar-refractivity contribution >= 4 is 22.5 Å². The Bertz CT molecular complexity index is 795. The maximum Gasteiger partial charge on any atom is 0.261 e. The minimum absolute atomic E-state index is 0. The zero-order chi connectivity index (χ0) is 14.1. The summed E-state index contributed by atoms with van der Waals surface area (Å²) in [7, 11) is 1.89. The van der Waals surface area contributed by atoms with E-state index in [1.165, 1.54) is 0 Å². The van der Waals surface area contributed by atoms with Gasteiger partial charge in [0.05, 0.1) is 0 Å². The van der Waals surface area contributed by atoms with Gasteiger partial charge in [0.25, 0.3) is 5.91 Å². The van der Waals surface area contributed by atoms with Gasteiger partial charge in [-0.15, -0.1) is 0 Å². The van der Waals surface area contributed by atoms with Gasteiger partial charge in [-0.25, -0.2) is 4.57 Å². The van der Waals surface area contributed by atoms with Crippen LogP contribution < -0.4 is 22.3 Å². The van der Waals surface area contributed by atoms with Crippen LogP contribution in [0.1, 0.15) is 16.1 Å². The lowest BCUT2D eigenvalue weighted by Crippen LogP contribution is -3.00. The molecule has 1 aromatic carbocycles. The second-order valence-electron chi connectivity index (χ2n) is 4.97. The molecule has 0 unspecified atom stereocenters. The van der Waals surface area contributed by atoms with E-state index in [9.17, 15) is 4.79 Å². The maximum atomic E-state index is 12.2. The van der Waals surface area contributed by atoms with Crippen molar-refractivity contribution in [3.63, 3.8) is 0 Å². The summed E-state index contributed by atoms with van der Waals surface area (Å²) in [6.45, 7) is 2.02. The number of amides is 1. The van der Waals surface area contributed by atoms with Crippen LogP contribution in [-0.4, -0.2) is 10.9 Å². The third-order valence-electron chi connectivity index (χ3n) is 3.22. The quantitative estimate of drug-likeness (QED) is 0.619. The summed E-state index contributed by atoms with van der Waals surface area (Å²) in [6, 6.07) is 11.6. The second kappa shape index (κ2) is 5.97. The van der Waals surface area contributed by atoms with E-state index < -0.39 is 0 Å². The molecule has 0 saturated carbocycles. The summed E-state index contributed by atoms with van der Waals surface area (Å²) in [5.74, 6) is -0.104. The van der Waals surface area contributed by atoms with E-state index in [0.29, 0.717) is 5.56 Å². The Balaban J connectivity index is 0.00000161. The SMILES string of the molecule is Cc1cc2cc(NC(=O)c3ccc[n+](C)c3)ccc2[nH]1.[Cl-]. The third-order valence-corrected chi connectivity index (χ3v) is 3.22. The molecule has 2 heterocycles. The van der Waals surface area contributed by atoms with Crippen molar-refractivity contribution in [1.29, 1.82) is 0 Å². The first-order chi connectivity index (χ1) is 9.61. The van der Waals surface area contributed by atoms with E-state index >= 15 is 0 Å². The topological polar surface area (TPSA) is 48.8 Å². The van der Waals surface area contributed by atoms with Crippen molar-refractivity contribution in [2.75, 3.05) is 5.32 Å². The molecule has 0 spiro atoms. The maximum absolute atomic E-state index is 12.2. The van der Waals surface area contributed by atoms with Gasteiger partial charge in [0, 0.05) is 28.4 Å². The highest BCUT2D eigenvalue weighted by Gasteiger charge is 2.09. The smallest absolute Gasteiger partial charge is 0.261 e. The van der Waals surface area contributed by atoms with E-state index in [4.69, 9.17) is 0 Å². The van der Waals surface area contributed by atoms with Crippen LogP contribution in [0.2, 0.25) is 0 Å². The normalized spacial score (nSPS) is 10.2. The average molecular weight is 302 g/mol. The molecule has 0 saturated heterocycles. The van der Waals surface area contributed by atoms with Crippen LogP contribution in [0.5, 0.6) is 0 Å². The number of nitrogens with zero attached hydrogens (tertiary/aromatic N) is 1. The molecule has 108 valence electrons. The van der Waals surface area contributed by atoms with Gasteiger partial charge in [-0.2, -0.15) is 0 Å². The van der Waals surface area contributed by atoms with Gasteiger partial charge >= 0.3 is 0 Å². The highest BCUT2D eigenvalue weighted by atomic mass is 35.5. The molecule has 3 rings (SSSR count). The highest BCUT2D eigenvalue weighted by Crippen LogP contribution is 2.20. The van der Waals surface area contributed by atoms with Crippen LogP contribution >= 0.6 is 0 Å². The molecule has 3 aromatic rings. The summed E-state index contributed by atoms with van der Waals surface area (Å²) in [6.07, 6.45) is 3.69. The molecule has 4 nitrogen and oxygen atoms in total. The van der Waals surface area contributed by atoms with E-state index in [1.54, 1.807) is 12.3 Å². The number of hydrogen-bond acceptors (Lipinski definition) is 1. The molecule has 0 aliphatic carbocycles. The lowest BCUT2D eigenvalue weighted by atomic mass is 10.2. The Hall–Kier alpha value is -2.33. The number of nitrogens with one attached hydrogen (secondary N) is 2. The molecule has 1 amide bonds. The number of pyridine rings is 1. The van der Waals surface area contributed by atoms with Gasteiger partial charge in [0.15, 0.2) is 12.4 Å². The number of aromatic nitrogens is 2. The molecule has 0 atom stereocenters. The molecule has 0 fully saturated rings. The number of fused-ring (bicyclic) bond motifs is 1. The average Bonchev–Trinajstić information content (AvgIpc) is 2.78. The van der Waals surface area contributed by atoms with E-state index in [2.05, 4.69) is 16.4 Å². The monoisotopic (exact) mass is 301 g/mol. The van der Waals surface area contributed by atoms with Gasteiger partial charge in [0.2, 0.25) is 0 Å². The van der Waals surface area contributed by atoms with Crippen LogP contribution in [-0.2, 0) is 7.05 Å². The van der Waals surface area contributed by atoms with Crippen LogP contribution in [0.4, 0.5) is 5.69 Å². The van der Waals surface area contributed by atoms with Crippen LogP contribution in [0.25, 0.3) is 10.9 Å². The minimum Gasteiger partial charge on any atom is -1.00 e. The number of H-pyrrole nitrogens is 1. The lowest BCUT2D eigenvalue weighted by molar-refractivity contribution is -0.671.